The van der Waals surface area contributed by atoms with Crippen LogP contribution in [0.15, 0.2) is 29.2 Å². The van der Waals surface area contributed by atoms with Crippen LogP contribution >= 0.6 is 23.4 Å². The molecule has 1 amide bonds. The molecule has 0 aliphatic carbocycles. The van der Waals surface area contributed by atoms with Gasteiger partial charge in [-0.25, -0.2) is 0 Å². The van der Waals surface area contributed by atoms with Gasteiger partial charge in [0.15, 0.2) is 0 Å². The maximum absolute atomic E-state index is 11.4. The van der Waals surface area contributed by atoms with Crippen LogP contribution in [0.3, 0.4) is 0 Å². The number of benzene rings is 1. The van der Waals surface area contributed by atoms with Crippen molar-refractivity contribution >= 4 is 29.3 Å². The summed E-state index contributed by atoms with van der Waals surface area (Å²) in [4.78, 5) is 12.6. The van der Waals surface area contributed by atoms with Gasteiger partial charge in [-0.2, -0.15) is 0 Å². The van der Waals surface area contributed by atoms with Crippen LogP contribution < -0.4 is 5.32 Å². The molecule has 1 N–H and O–H groups in total. The molecule has 0 heterocycles. The molecule has 0 aromatic heterocycles. The molecular formula is C13H18ClNOS. The minimum absolute atomic E-state index is 0.136. The van der Waals surface area contributed by atoms with Crippen LogP contribution in [0.5, 0.6) is 0 Å². The summed E-state index contributed by atoms with van der Waals surface area (Å²) < 4.78 is 0. The highest BCUT2D eigenvalue weighted by molar-refractivity contribution is 7.99. The Balaban J connectivity index is 2.16. The van der Waals surface area contributed by atoms with Gasteiger partial charge in [-0.05, 0) is 50.3 Å². The van der Waals surface area contributed by atoms with Crippen LogP contribution in [-0.2, 0) is 4.79 Å². The van der Waals surface area contributed by atoms with E-state index in [-0.39, 0.29) is 11.9 Å². The van der Waals surface area contributed by atoms with E-state index >= 15 is 0 Å². The van der Waals surface area contributed by atoms with Gasteiger partial charge in [-0.1, -0.05) is 11.6 Å². The summed E-state index contributed by atoms with van der Waals surface area (Å²) in [5.74, 6) is 1.09. The summed E-state index contributed by atoms with van der Waals surface area (Å²) in [6, 6.07) is 8.00. The molecule has 2 nitrogen and oxygen atoms in total. The van der Waals surface area contributed by atoms with Gasteiger partial charge in [0.25, 0.3) is 0 Å². The van der Waals surface area contributed by atoms with Crippen molar-refractivity contribution in [2.75, 3.05) is 5.75 Å². The maximum Gasteiger partial charge on any atom is 0.220 e. The van der Waals surface area contributed by atoms with E-state index in [9.17, 15) is 4.79 Å². The standard InChI is InChI=1S/C13H18ClNOS/c1-10(2)15-13(16)4-3-9-17-12-7-5-11(14)6-8-12/h5-8,10H,3-4,9H2,1-2H3,(H,15,16). The van der Waals surface area contributed by atoms with Crippen molar-refractivity contribution in [3.63, 3.8) is 0 Å². The molecule has 0 unspecified atom stereocenters. The lowest BCUT2D eigenvalue weighted by Crippen LogP contribution is -2.29. The molecule has 0 radical (unpaired) electrons. The molecule has 0 fully saturated rings. The zero-order valence-corrected chi connectivity index (χ0v) is 11.8. The molecule has 0 bridgehead atoms. The minimum atomic E-state index is 0.136. The number of carbonyl (C=O) groups excluding carboxylic acids is 1. The molecule has 0 saturated carbocycles. The van der Waals surface area contributed by atoms with Crippen LogP contribution in [0.25, 0.3) is 0 Å². The third-order valence-electron chi connectivity index (χ3n) is 2.08. The van der Waals surface area contributed by atoms with Crippen molar-refractivity contribution in [2.24, 2.45) is 0 Å². The van der Waals surface area contributed by atoms with Crippen LogP contribution in [0.4, 0.5) is 0 Å². The first-order valence-electron chi connectivity index (χ1n) is 5.75. The van der Waals surface area contributed by atoms with Gasteiger partial charge in [-0.15, -0.1) is 11.8 Å². The zero-order chi connectivity index (χ0) is 12.7. The molecule has 0 atom stereocenters. The van der Waals surface area contributed by atoms with Crippen molar-refractivity contribution in [3.8, 4) is 0 Å². The predicted molar refractivity (Wildman–Crippen MR) is 74.7 cm³/mol. The molecule has 4 heteroatoms. The van der Waals surface area contributed by atoms with Crippen LogP contribution in [0, 0.1) is 0 Å². The maximum atomic E-state index is 11.4. The number of rotatable bonds is 6. The van der Waals surface area contributed by atoms with E-state index in [1.807, 2.05) is 38.1 Å². The highest BCUT2D eigenvalue weighted by Gasteiger charge is 2.02. The van der Waals surface area contributed by atoms with Gasteiger partial charge in [-0.3, -0.25) is 4.79 Å². The Kier molecular flexibility index (Phi) is 6.45. The van der Waals surface area contributed by atoms with Crippen LogP contribution in [0.2, 0.25) is 5.02 Å². The number of hydrogen-bond donors (Lipinski definition) is 1. The lowest BCUT2D eigenvalue weighted by molar-refractivity contribution is -0.121. The fourth-order valence-electron chi connectivity index (χ4n) is 1.35. The average molecular weight is 272 g/mol. The Bertz CT molecular complexity index is 351. The summed E-state index contributed by atoms with van der Waals surface area (Å²) in [5, 5.41) is 3.64. The number of halogens is 1. The summed E-state index contributed by atoms with van der Waals surface area (Å²) in [5.41, 5.74) is 0. The lowest BCUT2D eigenvalue weighted by Gasteiger charge is -2.07. The van der Waals surface area contributed by atoms with Gasteiger partial charge in [0.1, 0.15) is 0 Å². The van der Waals surface area contributed by atoms with Crippen molar-refractivity contribution in [1.82, 2.24) is 5.32 Å². The fraction of sp³-hybridized carbons (Fsp3) is 0.462. The number of hydrogen-bond acceptors (Lipinski definition) is 2. The van der Waals surface area contributed by atoms with E-state index in [4.69, 9.17) is 11.6 Å². The van der Waals surface area contributed by atoms with Gasteiger partial charge in [0, 0.05) is 22.4 Å². The summed E-state index contributed by atoms with van der Waals surface area (Å²) in [7, 11) is 0. The molecule has 0 aliphatic heterocycles. The molecule has 17 heavy (non-hydrogen) atoms. The highest BCUT2D eigenvalue weighted by Crippen LogP contribution is 2.21. The second-order valence-corrected chi connectivity index (χ2v) is 5.73. The molecule has 0 aliphatic rings. The zero-order valence-electron chi connectivity index (χ0n) is 10.2. The van der Waals surface area contributed by atoms with Gasteiger partial charge in [0.05, 0.1) is 0 Å². The third kappa shape index (κ3) is 6.59. The van der Waals surface area contributed by atoms with E-state index in [0.29, 0.717) is 6.42 Å². The average Bonchev–Trinajstić information content (AvgIpc) is 2.26. The number of nitrogens with one attached hydrogen (secondary N) is 1. The van der Waals surface area contributed by atoms with Crippen molar-refractivity contribution in [3.05, 3.63) is 29.3 Å². The van der Waals surface area contributed by atoms with E-state index < -0.39 is 0 Å². The van der Waals surface area contributed by atoms with E-state index in [2.05, 4.69) is 5.32 Å². The molecule has 0 saturated heterocycles. The van der Waals surface area contributed by atoms with Crippen molar-refractivity contribution < 1.29 is 4.79 Å². The minimum Gasteiger partial charge on any atom is -0.354 e. The normalized spacial score (nSPS) is 10.6. The number of carbonyl (C=O) groups is 1. The highest BCUT2D eigenvalue weighted by atomic mass is 35.5. The fourth-order valence-corrected chi connectivity index (χ4v) is 2.33. The van der Waals surface area contributed by atoms with E-state index in [1.165, 1.54) is 4.90 Å². The van der Waals surface area contributed by atoms with E-state index in [1.54, 1.807) is 11.8 Å². The number of amides is 1. The second kappa shape index (κ2) is 7.62. The van der Waals surface area contributed by atoms with Gasteiger partial charge >= 0.3 is 0 Å². The number of thioether (sulfide) groups is 1. The Labute approximate surface area is 112 Å². The molecule has 1 aromatic rings. The van der Waals surface area contributed by atoms with Crippen molar-refractivity contribution in [1.29, 1.82) is 0 Å². The summed E-state index contributed by atoms with van der Waals surface area (Å²) >= 11 is 7.55. The third-order valence-corrected chi connectivity index (χ3v) is 3.43. The summed E-state index contributed by atoms with van der Waals surface area (Å²) in [6.45, 7) is 3.95. The molecule has 94 valence electrons. The molecular weight excluding hydrogens is 254 g/mol. The van der Waals surface area contributed by atoms with Crippen LogP contribution in [0.1, 0.15) is 26.7 Å². The Hall–Kier alpha value is -0.670. The first-order valence-corrected chi connectivity index (χ1v) is 7.12. The lowest BCUT2D eigenvalue weighted by atomic mass is 10.3. The SMILES string of the molecule is CC(C)NC(=O)CCCSc1ccc(Cl)cc1. The topological polar surface area (TPSA) is 29.1 Å². The molecule has 1 rings (SSSR count). The van der Waals surface area contributed by atoms with E-state index in [0.717, 1.165) is 17.2 Å². The van der Waals surface area contributed by atoms with Crippen molar-refractivity contribution in [2.45, 2.75) is 37.6 Å². The van der Waals surface area contributed by atoms with Gasteiger partial charge < -0.3 is 5.32 Å². The Morgan fingerprint density at radius 3 is 2.59 bits per heavy atom. The Morgan fingerprint density at radius 1 is 1.35 bits per heavy atom. The first kappa shape index (κ1) is 14.4. The second-order valence-electron chi connectivity index (χ2n) is 4.13. The predicted octanol–water partition coefficient (Wildman–Crippen LogP) is 3.74. The first-order chi connectivity index (χ1) is 8.08. The largest absolute Gasteiger partial charge is 0.354 e. The Morgan fingerprint density at radius 2 is 2.00 bits per heavy atom. The van der Waals surface area contributed by atoms with Gasteiger partial charge in [0.2, 0.25) is 5.91 Å². The monoisotopic (exact) mass is 271 g/mol. The summed E-state index contributed by atoms with van der Waals surface area (Å²) in [6.07, 6.45) is 1.49. The smallest absolute Gasteiger partial charge is 0.220 e. The molecule has 0 spiro atoms. The quantitative estimate of drug-likeness (QED) is 0.631. The van der Waals surface area contributed by atoms with Crippen LogP contribution in [-0.4, -0.2) is 17.7 Å². The molecule has 1 aromatic carbocycles.